The number of hydrogen-bond donors (Lipinski definition) is 3. The molecule has 0 aromatic rings. The zero-order chi connectivity index (χ0) is 13.4. The largest absolute Gasteiger partial charge is 0.481 e. The van der Waals surface area contributed by atoms with Crippen molar-refractivity contribution in [1.82, 2.24) is 5.32 Å². The van der Waals surface area contributed by atoms with Crippen LogP contribution in [-0.2, 0) is 14.3 Å². The molecular formula is C12H21NO5. The minimum absolute atomic E-state index is 0.0861. The van der Waals surface area contributed by atoms with Crippen molar-refractivity contribution in [2.75, 3.05) is 19.8 Å². The number of ether oxygens (including phenoxy) is 1. The van der Waals surface area contributed by atoms with Crippen LogP contribution >= 0.6 is 0 Å². The molecular weight excluding hydrogens is 238 g/mol. The lowest BCUT2D eigenvalue weighted by atomic mass is 9.90. The van der Waals surface area contributed by atoms with E-state index < -0.39 is 11.5 Å². The smallest absolute Gasteiger partial charge is 0.303 e. The monoisotopic (exact) mass is 259 g/mol. The van der Waals surface area contributed by atoms with E-state index in [-0.39, 0.29) is 18.9 Å². The summed E-state index contributed by atoms with van der Waals surface area (Å²) in [6.45, 7) is 0.997. The van der Waals surface area contributed by atoms with Gasteiger partial charge in [0.2, 0.25) is 5.91 Å². The summed E-state index contributed by atoms with van der Waals surface area (Å²) in [6, 6.07) is 0. The molecule has 0 saturated carbocycles. The van der Waals surface area contributed by atoms with E-state index in [1.54, 1.807) is 0 Å². The molecule has 6 heteroatoms. The number of aliphatic carboxylic acids is 1. The van der Waals surface area contributed by atoms with Crippen molar-refractivity contribution < 1.29 is 24.5 Å². The van der Waals surface area contributed by atoms with Crippen LogP contribution in [0.25, 0.3) is 0 Å². The number of nitrogens with one attached hydrogen (secondary N) is 1. The number of hydrogen-bond acceptors (Lipinski definition) is 4. The van der Waals surface area contributed by atoms with Gasteiger partial charge in [0, 0.05) is 26.1 Å². The Morgan fingerprint density at radius 2 is 1.78 bits per heavy atom. The average Bonchev–Trinajstić information content (AvgIpc) is 2.35. The van der Waals surface area contributed by atoms with Gasteiger partial charge in [-0.15, -0.1) is 0 Å². The first-order valence-corrected chi connectivity index (χ1v) is 6.29. The third-order valence-corrected chi connectivity index (χ3v) is 3.20. The first-order valence-electron chi connectivity index (χ1n) is 6.29. The molecule has 0 atom stereocenters. The highest BCUT2D eigenvalue weighted by Crippen LogP contribution is 2.20. The summed E-state index contributed by atoms with van der Waals surface area (Å²) < 4.78 is 5.21. The van der Waals surface area contributed by atoms with Crippen molar-refractivity contribution in [3.63, 3.8) is 0 Å². The van der Waals surface area contributed by atoms with Crippen molar-refractivity contribution in [1.29, 1.82) is 0 Å². The Morgan fingerprint density at radius 3 is 2.33 bits per heavy atom. The maximum absolute atomic E-state index is 11.7. The lowest BCUT2D eigenvalue weighted by molar-refractivity contribution is -0.137. The SMILES string of the molecule is O=C(O)CCCCC(=O)NC1(CO)CCOCC1. The van der Waals surface area contributed by atoms with Gasteiger partial charge in [0.05, 0.1) is 12.1 Å². The summed E-state index contributed by atoms with van der Waals surface area (Å²) in [5, 5.41) is 20.7. The van der Waals surface area contributed by atoms with Crippen molar-refractivity contribution in [2.24, 2.45) is 0 Å². The van der Waals surface area contributed by atoms with E-state index in [1.165, 1.54) is 0 Å². The lowest BCUT2D eigenvalue weighted by Gasteiger charge is -2.36. The number of carboxylic acids is 1. The molecule has 3 N–H and O–H groups in total. The molecule has 1 aliphatic heterocycles. The Bertz CT molecular complexity index is 286. The summed E-state index contributed by atoms with van der Waals surface area (Å²) >= 11 is 0. The predicted octanol–water partition coefficient (Wildman–Crippen LogP) is 0.289. The molecule has 0 aromatic heterocycles. The van der Waals surface area contributed by atoms with Gasteiger partial charge in [0.15, 0.2) is 0 Å². The number of aliphatic hydroxyl groups is 1. The van der Waals surface area contributed by atoms with Gasteiger partial charge in [-0.05, 0) is 25.7 Å². The van der Waals surface area contributed by atoms with E-state index in [2.05, 4.69) is 5.32 Å². The van der Waals surface area contributed by atoms with E-state index in [1.807, 2.05) is 0 Å². The van der Waals surface area contributed by atoms with Crippen LogP contribution < -0.4 is 5.32 Å². The lowest BCUT2D eigenvalue weighted by Crippen LogP contribution is -2.54. The van der Waals surface area contributed by atoms with Gasteiger partial charge >= 0.3 is 5.97 Å². The van der Waals surface area contributed by atoms with Crippen LogP contribution in [0.3, 0.4) is 0 Å². The highest BCUT2D eigenvalue weighted by molar-refractivity contribution is 5.76. The molecule has 104 valence electrons. The summed E-state index contributed by atoms with van der Waals surface area (Å²) in [5.41, 5.74) is -0.553. The Morgan fingerprint density at radius 1 is 1.17 bits per heavy atom. The zero-order valence-corrected chi connectivity index (χ0v) is 10.5. The van der Waals surface area contributed by atoms with Crippen LogP contribution in [0.2, 0.25) is 0 Å². The minimum atomic E-state index is -0.841. The quantitative estimate of drug-likeness (QED) is 0.571. The van der Waals surface area contributed by atoms with Crippen molar-refractivity contribution in [3.05, 3.63) is 0 Å². The van der Waals surface area contributed by atoms with E-state index in [0.717, 1.165) is 0 Å². The molecule has 1 rings (SSSR count). The second-order valence-electron chi connectivity index (χ2n) is 4.70. The maximum atomic E-state index is 11.7. The molecule has 0 radical (unpaired) electrons. The first-order chi connectivity index (χ1) is 8.58. The Labute approximate surface area is 106 Å². The number of carbonyl (C=O) groups excluding carboxylic acids is 1. The molecule has 1 heterocycles. The summed E-state index contributed by atoms with van der Waals surface area (Å²) in [6.07, 6.45) is 2.67. The van der Waals surface area contributed by atoms with E-state index in [4.69, 9.17) is 9.84 Å². The molecule has 18 heavy (non-hydrogen) atoms. The van der Waals surface area contributed by atoms with Crippen LogP contribution in [0.15, 0.2) is 0 Å². The van der Waals surface area contributed by atoms with Crippen LogP contribution in [0.5, 0.6) is 0 Å². The molecule has 1 fully saturated rings. The Hall–Kier alpha value is -1.14. The zero-order valence-electron chi connectivity index (χ0n) is 10.5. The highest BCUT2D eigenvalue weighted by Gasteiger charge is 2.33. The maximum Gasteiger partial charge on any atom is 0.303 e. The van der Waals surface area contributed by atoms with Gasteiger partial charge in [0.25, 0.3) is 0 Å². The second-order valence-corrected chi connectivity index (χ2v) is 4.70. The number of unbranched alkanes of at least 4 members (excludes halogenated alkanes) is 1. The molecule has 1 aliphatic rings. The number of carboxylic acid groups (broad SMARTS) is 1. The van der Waals surface area contributed by atoms with Crippen molar-refractivity contribution >= 4 is 11.9 Å². The second kappa shape index (κ2) is 7.33. The van der Waals surface area contributed by atoms with Gasteiger partial charge in [-0.3, -0.25) is 9.59 Å². The highest BCUT2D eigenvalue weighted by atomic mass is 16.5. The van der Waals surface area contributed by atoms with Crippen molar-refractivity contribution in [2.45, 2.75) is 44.1 Å². The van der Waals surface area contributed by atoms with E-state index in [9.17, 15) is 14.7 Å². The third kappa shape index (κ3) is 5.01. The van der Waals surface area contributed by atoms with Crippen LogP contribution in [0.4, 0.5) is 0 Å². The number of rotatable bonds is 7. The fraction of sp³-hybridized carbons (Fsp3) is 0.833. The molecule has 1 saturated heterocycles. The normalized spacial score (nSPS) is 18.3. The molecule has 0 unspecified atom stereocenters. The fourth-order valence-electron chi connectivity index (χ4n) is 2.00. The molecule has 0 spiro atoms. The Kier molecular flexibility index (Phi) is 6.07. The summed E-state index contributed by atoms with van der Waals surface area (Å²) in [5.74, 6) is -0.969. The van der Waals surface area contributed by atoms with E-state index >= 15 is 0 Å². The average molecular weight is 259 g/mol. The molecule has 6 nitrogen and oxygen atoms in total. The first kappa shape index (κ1) is 14.9. The number of carbonyl (C=O) groups is 2. The number of aliphatic hydroxyl groups excluding tert-OH is 1. The van der Waals surface area contributed by atoms with Crippen LogP contribution in [0.1, 0.15) is 38.5 Å². The van der Waals surface area contributed by atoms with Gasteiger partial charge in [-0.1, -0.05) is 0 Å². The van der Waals surface area contributed by atoms with E-state index in [0.29, 0.717) is 45.3 Å². The van der Waals surface area contributed by atoms with Crippen molar-refractivity contribution in [3.8, 4) is 0 Å². The topological polar surface area (TPSA) is 95.9 Å². The summed E-state index contributed by atoms with van der Waals surface area (Å²) in [7, 11) is 0. The summed E-state index contributed by atoms with van der Waals surface area (Å²) in [4.78, 5) is 22.0. The number of amides is 1. The Balaban J connectivity index is 2.26. The third-order valence-electron chi connectivity index (χ3n) is 3.20. The predicted molar refractivity (Wildman–Crippen MR) is 64.1 cm³/mol. The van der Waals surface area contributed by atoms with Gasteiger partial charge < -0.3 is 20.3 Å². The minimum Gasteiger partial charge on any atom is -0.481 e. The van der Waals surface area contributed by atoms with Crippen LogP contribution in [0, 0.1) is 0 Å². The molecule has 1 amide bonds. The van der Waals surface area contributed by atoms with Gasteiger partial charge in [-0.2, -0.15) is 0 Å². The fourth-order valence-corrected chi connectivity index (χ4v) is 2.00. The molecule has 0 aromatic carbocycles. The van der Waals surface area contributed by atoms with Crippen LogP contribution in [-0.4, -0.2) is 47.4 Å². The molecule has 0 bridgehead atoms. The van der Waals surface area contributed by atoms with Gasteiger partial charge in [-0.25, -0.2) is 0 Å². The molecule has 0 aliphatic carbocycles. The van der Waals surface area contributed by atoms with Gasteiger partial charge in [0.1, 0.15) is 0 Å². The standard InChI is InChI=1S/C12H21NO5/c14-9-12(5-7-18-8-6-12)13-10(15)3-1-2-4-11(16)17/h14H,1-9H2,(H,13,15)(H,16,17).